The number of amides is 3. The molecule has 154 valence electrons. The van der Waals surface area contributed by atoms with E-state index in [0.717, 1.165) is 29.7 Å². The number of para-hydroxylation sites is 2. The topological polar surface area (TPSA) is 84.3 Å². The Kier molecular flexibility index (Phi) is 5.35. The Bertz CT molecular complexity index is 1150. The Balaban J connectivity index is 1.44. The summed E-state index contributed by atoms with van der Waals surface area (Å²) in [6.45, 7) is 5.37. The molecule has 1 aliphatic heterocycles. The second kappa shape index (κ2) is 8.10. The van der Waals surface area contributed by atoms with Crippen LogP contribution in [-0.4, -0.2) is 45.3 Å². The molecule has 0 bridgehead atoms. The van der Waals surface area contributed by atoms with Crippen LogP contribution in [0.4, 0.5) is 0 Å². The lowest BCUT2D eigenvalue weighted by molar-refractivity contribution is 0.0652. The third kappa shape index (κ3) is 3.47. The first-order valence-electron chi connectivity index (χ1n) is 10.2. The number of carbonyl (C=O) groups excluding carboxylic acids is 3. The average Bonchev–Trinajstić information content (AvgIpc) is 3.19. The summed E-state index contributed by atoms with van der Waals surface area (Å²) >= 11 is 0. The van der Waals surface area contributed by atoms with E-state index in [1.165, 1.54) is 11.0 Å². The molecule has 1 aliphatic rings. The van der Waals surface area contributed by atoms with Gasteiger partial charge in [0.25, 0.3) is 17.7 Å². The minimum absolute atomic E-state index is 0.271. The molecular weight excluding hydrogens is 380 g/mol. The second-order valence-corrected chi connectivity index (χ2v) is 7.43. The molecule has 7 nitrogen and oxygen atoms in total. The number of aryl methyl sites for hydroxylation is 1. The number of imidazole rings is 1. The highest BCUT2D eigenvalue weighted by molar-refractivity contribution is 6.22. The van der Waals surface area contributed by atoms with Gasteiger partial charge in [0.2, 0.25) is 0 Å². The molecule has 0 atom stereocenters. The summed E-state index contributed by atoms with van der Waals surface area (Å²) in [4.78, 5) is 43.4. The Morgan fingerprint density at radius 2 is 1.80 bits per heavy atom. The van der Waals surface area contributed by atoms with Gasteiger partial charge in [-0.2, -0.15) is 0 Å². The Labute approximate surface area is 174 Å². The van der Waals surface area contributed by atoms with Gasteiger partial charge >= 0.3 is 0 Å². The van der Waals surface area contributed by atoms with E-state index in [1.807, 2.05) is 38.1 Å². The van der Waals surface area contributed by atoms with Crippen molar-refractivity contribution in [1.29, 1.82) is 0 Å². The molecule has 0 unspecified atom stereocenters. The number of nitrogens with zero attached hydrogens (tertiary/aromatic N) is 3. The number of rotatable bonds is 7. The molecule has 0 saturated carbocycles. The minimum atomic E-state index is -0.321. The van der Waals surface area contributed by atoms with Gasteiger partial charge in [-0.3, -0.25) is 19.3 Å². The van der Waals surface area contributed by atoms with Crippen LogP contribution in [0.15, 0.2) is 42.5 Å². The van der Waals surface area contributed by atoms with Crippen molar-refractivity contribution in [3.63, 3.8) is 0 Å². The van der Waals surface area contributed by atoms with Gasteiger partial charge in [-0.05, 0) is 43.7 Å². The highest BCUT2D eigenvalue weighted by Crippen LogP contribution is 2.24. The molecule has 0 radical (unpaired) electrons. The van der Waals surface area contributed by atoms with Crippen LogP contribution in [0.5, 0.6) is 0 Å². The summed E-state index contributed by atoms with van der Waals surface area (Å²) in [6.07, 6.45) is 1.66. The van der Waals surface area contributed by atoms with Crippen LogP contribution in [-0.2, 0) is 6.54 Å². The molecule has 0 aliphatic carbocycles. The zero-order valence-corrected chi connectivity index (χ0v) is 17.1. The van der Waals surface area contributed by atoms with Crippen LogP contribution in [0.25, 0.3) is 11.0 Å². The van der Waals surface area contributed by atoms with Crippen LogP contribution in [0.2, 0.25) is 0 Å². The fraction of sp³-hybridized carbons (Fsp3) is 0.304. The summed E-state index contributed by atoms with van der Waals surface area (Å²) in [7, 11) is 0. The van der Waals surface area contributed by atoms with Crippen LogP contribution in [0.1, 0.15) is 56.7 Å². The van der Waals surface area contributed by atoms with Crippen molar-refractivity contribution in [3.05, 3.63) is 65.0 Å². The number of carbonyl (C=O) groups is 3. The molecular formula is C23H24N4O3. The van der Waals surface area contributed by atoms with E-state index in [1.54, 1.807) is 12.1 Å². The molecule has 7 heteroatoms. The van der Waals surface area contributed by atoms with E-state index in [4.69, 9.17) is 0 Å². The van der Waals surface area contributed by atoms with Crippen LogP contribution in [0, 0.1) is 6.92 Å². The Morgan fingerprint density at radius 3 is 2.60 bits per heavy atom. The quantitative estimate of drug-likeness (QED) is 0.613. The van der Waals surface area contributed by atoms with Gasteiger partial charge in [-0.25, -0.2) is 4.98 Å². The van der Waals surface area contributed by atoms with Crippen LogP contribution < -0.4 is 5.32 Å². The number of benzene rings is 2. The van der Waals surface area contributed by atoms with E-state index in [-0.39, 0.29) is 17.7 Å². The Hall–Kier alpha value is -3.48. The van der Waals surface area contributed by atoms with Gasteiger partial charge in [0.1, 0.15) is 5.82 Å². The highest BCUT2D eigenvalue weighted by atomic mass is 16.2. The molecule has 3 amide bonds. The van der Waals surface area contributed by atoms with E-state index >= 15 is 0 Å². The number of imide groups is 1. The van der Waals surface area contributed by atoms with Gasteiger partial charge in [-0.15, -0.1) is 0 Å². The first-order valence-corrected chi connectivity index (χ1v) is 10.2. The molecule has 2 heterocycles. The van der Waals surface area contributed by atoms with E-state index in [9.17, 15) is 14.4 Å². The summed E-state index contributed by atoms with van der Waals surface area (Å²) in [5.74, 6) is 0.0165. The predicted octanol–water partition coefficient (Wildman–Crippen LogP) is 3.17. The molecule has 30 heavy (non-hydrogen) atoms. The average molecular weight is 404 g/mol. The SMILES string of the molecule is CCCCN1C(=O)c2ccc(C(=O)NCCn3c(C)nc4ccccc43)cc2C1=O. The smallest absolute Gasteiger partial charge is 0.261 e. The fourth-order valence-electron chi connectivity index (χ4n) is 3.81. The van der Waals surface area contributed by atoms with E-state index in [0.29, 0.717) is 36.3 Å². The molecule has 0 fully saturated rings. The molecule has 2 aromatic carbocycles. The van der Waals surface area contributed by atoms with Crippen LogP contribution in [0.3, 0.4) is 0 Å². The van der Waals surface area contributed by atoms with E-state index in [2.05, 4.69) is 14.9 Å². The lowest BCUT2D eigenvalue weighted by Crippen LogP contribution is -2.30. The first-order chi connectivity index (χ1) is 14.5. The largest absolute Gasteiger partial charge is 0.350 e. The highest BCUT2D eigenvalue weighted by Gasteiger charge is 2.35. The van der Waals surface area contributed by atoms with Crippen molar-refractivity contribution in [1.82, 2.24) is 19.8 Å². The fourth-order valence-corrected chi connectivity index (χ4v) is 3.81. The first kappa shape index (κ1) is 19.8. The number of fused-ring (bicyclic) bond motifs is 2. The number of hydrogen-bond acceptors (Lipinski definition) is 4. The minimum Gasteiger partial charge on any atom is -0.350 e. The maximum atomic E-state index is 12.6. The van der Waals surface area contributed by atoms with Gasteiger partial charge in [0.05, 0.1) is 22.2 Å². The summed E-state index contributed by atoms with van der Waals surface area (Å²) in [5.41, 5.74) is 3.00. The van der Waals surface area contributed by atoms with Crippen molar-refractivity contribution in [2.24, 2.45) is 0 Å². The molecule has 0 saturated heterocycles. The van der Waals surface area contributed by atoms with Gasteiger partial charge in [0, 0.05) is 25.2 Å². The third-order valence-electron chi connectivity index (χ3n) is 5.43. The van der Waals surface area contributed by atoms with Gasteiger partial charge in [-0.1, -0.05) is 25.5 Å². The van der Waals surface area contributed by atoms with Crippen LogP contribution >= 0.6 is 0 Å². The molecule has 1 aromatic heterocycles. The van der Waals surface area contributed by atoms with E-state index < -0.39 is 0 Å². The zero-order chi connectivity index (χ0) is 21.3. The number of unbranched alkanes of at least 4 members (excludes halogenated alkanes) is 1. The number of aromatic nitrogens is 2. The predicted molar refractivity (Wildman–Crippen MR) is 114 cm³/mol. The standard InChI is InChI=1S/C23H24N4O3/c1-3-4-12-27-22(29)17-10-9-16(14-18(17)23(27)30)21(28)24-11-13-26-15(2)25-19-7-5-6-8-20(19)26/h5-10,14H,3-4,11-13H2,1-2H3,(H,24,28). The molecule has 0 spiro atoms. The second-order valence-electron chi connectivity index (χ2n) is 7.43. The number of hydrogen-bond donors (Lipinski definition) is 1. The monoisotopic (exact) mass is 404 g/mol. The van der Waals surface area contributed by atoms with Gasteiger partial charge in [0.15, 0.2) is 0 Å². The maximum absolute atomic E-state index is 12.6. The maximum Gasteiger partial charge on any atom is 0.261 e. The lowest BCUT2D eigenvalue weighted by atomic mass is 10.1. The normalized spacial score (nSPS) is 13.2. The molecule has 1 N–H and O–H groups in total. The van der Waals surface area contributed by atoms with Crippen molar-refractivity contribution in [3.8, 4) is 0 Å². The Morgan fingerprint density at radius 1 is 1.03 bits per heavy atom. The number of nitrogens with one attached hydrogen (secondary N) is 1. The summed E-state index contributed by atoms with van der Waals surface area (Å²) in [5, 5.41) is 2.89. The summed E-state index contributed by atoms with van der Waals surface area (Å²) < 4.78 is 2.06. The lowest BCUT2D eigenvalue weighted by Gasteiger charge is -2.12. The molecule has 3 aromatic rings. The summed E-state index contributed by atoms with van der Waals surface area (Å²) in [6, 6.07) is 12.6. The third-order valence-corrected chi connectivity index (χ3v) is 5.43. The molecule has 4 rings (SSSR count). The van der Waals surface area contributed by atoms with Crippen molar-refractivity contribution >= 4 is 28.8 Å². The zero-order valence-electron chi connectivity index (χ0n) is 17.1. The van der Waals surface area contributed by atoms with Crippen molar-refractivity contribution < 1.29 is 14.4 Å². The van der Waals surface area contributed by atoms with Gasteiger partial charge < -0.3 is 9.88 Å². The van der Waals surface area contributed by atoms with Crippen molar-refractivity contribution in [2.45, 2.75) is 33.2 Å². The van der Waals surface area contributed by atoms with Crippen molar-refractivity contribution in [2.75, 3.05) is 13.1 Å².